The van der Waals surface area contributed by atoms with E-state index in [4.69, 9.17) is 15.2 Å². The molecule has 4 aliphatic carbocycles. The molecule has 6 aliphatic rings. The summed E-state index contributed by atoms with van der Waals surface area (Å²) in [6.07, 6.45) is 14.5. The SMILES string of the molecule is CCCC(=O)[C@@H]1OC(=O)[C@@]23C4=C(CC[C@]12[C@@]1(OC(=O)c2c(CCCN)cccc21)[C@@H]3CCC)[C@H]1C=CC[C@H](C)[C@H]1C=C4. The van der Waals surface area contributed by atoms with Gasteiger partial charge in [0.25, 0.3) is 0 Å². The van der Waals surface area contributed by atoms with Gasteiger partial charge in [0.15, 0.2) is 17.5 Å². The van der Waals surface area contributed by atoms with Crippen LogP contribution in [0.1, 0.15) is 93.6 Å². The molecular formula is C36H43NO5. The van der Waals surface area contributed by atoms with E-state index in [1.54, 1.807) is 0 Å². The molecule has 2 fully saturated rings. The van der Waals surface area contributed by atoms with Gasteiger partial charge in [0.1, 0.15) is 5.41 Å². The maximum Gasteiger partial charge on any atom is 0.339 e. The number of ketones is 1. The molecule has 0 bridgehead atoms. The summed E-state index contributed by atoms with van der Waals surface area (Å²) in [6.45, 7) is 6.94. The van der Waals surface area contributed by atoms with Crippen LogP contribution in [0.2, 0.25) is 0 Å². The number of hydrogen-bond donors (Lipinski definition) is 1. The van der Waals surface area contributed by atoms with Crippen LogP contribution >= 0.6 is 0 Å². The number of benzene rings is 1. The lowest BCUT2D eigenvalue weighted by atomic mass is 9.28. The van der Waals surface area contributed by atoms with E-state index in [9.17, 15) is 14.4 Å². The number of carbonyl (C=O) groups is 3. The summed E-state index contributed by atoms with van der Waals surface area (Å²) in [5, 5.41) is 0. The zero-order chi connectivity index (χ0) is 29.4. The summed E-state index contributed by atoms with van der Waals surface area (Å²) in [6, 6.07) is 6.01. The molecule has 1 saturated carbocycles. The van der Waals surface area contributed by atoms with Gasteiger partial charge in [-0.15, -0.1) is 0 Å². The number of Topliss-reactive ketones (excluding diaryl/α,β-unsaturated/α-hetero) is 1. The van der Waals surface area contributed by atoms with Gasteiger partial charge in [-0.2, -0.15) is 0 Å². The molecule has 6 heteroatoms. The fourth-order valence-electron chi connectivity index (χ4n) is 10.4. The number of ether oxygens (including phenoxy) is 2. The molecule has 1 spiro atoms. The summed E-state index contributed by atoms with van der Waals surface area (Å²) in [5.74, 6) is 0.171. The fraction of sp³-hybridized carbons (Fsp3) is 0.583. The van der Waals surface area contributed by atoms with Crippen LogP contribution in [0.3, 0.4) is 0 Å². The molecule has 0 radical (unpaired) electrons. The predicted octanol–water partition coefficient (Wildman–Crippen LogP) is 6.13. The Kier molecular flexibility index (Phi) is 6.47. The van der Waals surface area contributed by atoms with Crippen LogP contribution in [-0.2, 0) is 31.1 Å². The van der Waals surface area contributed by atoms with Crippen molar-refractivity contribution in [1.29, 1.82) is 0 Å². The van der Waals surface area contributed by atoms with Crippen LogP contribution in [0.15, 0.2) is 53.6 Å². The number of esters is 2. The summed E-state index contributed by atoms with van der Waals surface area (Å²) in [7, 11) is 0. The predicted molar refractivity (Wildman–Crippen MR) is 159 cm³/mol. The topological polar surface area (TPSA) is 95.7 Å². The van der Waals surface area contributed by atoms with E-state index in [0.717, 1.165) is 42.4 Å². The van der Waals surface area contributed by atoms with Crippen LogP contribution in [0.5, 0.6) is 0 Å². The normalized spacial score (nSPS) is 38.7. The maximum absolute atomic E-state index is 14.6. The van der Waals surface area contributed by atoms with Crippen molar-refractivity contribution in [2.24, 2.45) is 40.2 Å². The van der Waals surface area contributed by atoms with Crippen molar-refractivity contribution in [2.45, 2.75) is 90.3 Å². The monoisotopic (exact) mass is 569 g/mol. The minimum Gasteiger partial charge on any atom is -0.453 e. The second-order valence-electron chi connectivity index (χ2n) is 13.5. The van der Waals surface area contributed by atoms with Gasteiger partial charge < -0.3 is 15.2 Å². The number of aryl methyl sites for hydroxylation is 1. The highest BCUT2D eigenvalue weighted by molar-refractivity contribution is 6.02. The summed E-state index contributed by atoms with van der Waals surface area (Å²) in [5.41, 5.74) is 7.52. The molecule has 0 amide bonds. The summed E-state index contributed by atoms with van der Waals surface area (Å²) >= 11 is 0. The standard InChI is InChI=1S/C36H43NO5/c1-4-9-28(38)31-34-19-18-25-24-14-6-11-21(3)23(24)16-17-26(25)35(34,33(40)41-31)29(10-5-2)36(34)27-15-7-12-22(13-8-20-37)30(27)32(39)42-36/h6-7,12,14-17,21,23-24,29,31H,4-5,8-11,13,18-20,37H2,1-3H3/t21-,23+,24-,29+,31-,34-,35-,36-/m0/s1. The first-order chi connectivity index (χ1) is 20.3. The molecular weight excluding hydrogens is 526 g/mol. The minimum absolute atomic E-state index is 0.0567. The average molecular weight is 570 g/mol. The van der Waals surface area contributed by atoms with E-state index in [1.165, 1.54) is 5.57 Å². The molecule has 8 atom stereocenters. The molecule has 2 aliphatic heterocycles. The van der Waals surface area contributed by atoms with Crippen molar-refractivity contribution in [1.82, 2.24) is 0 Å². The van der Waals surface area contributed by atoms with Crippen molar-refractivity contribution in [3.8, 4) is 0 Å². The van der Waals surface area contributed by atoms with Crippen molar-refractivity contribution in [3.63, 3.8) is 0 Å². The van der Waals surface area contributed by atoms with Crippen LogP contribution < -0.4 is 5.73 Å². The molecule has 6 nitrogen and oxygen atoms in total. The van der Waals surface area contributed by atoms with Crippen molar-refractivity contribution in [2.75, 3.05) is 6.54 Å². The van der Waals surface area contributed by atoms with Gasteiger partial charge in [0.05, 0.1) is 11.0 Å². The second-order valence-corrected chi connectivity index (χ2v) is 13.5. The Balaban J connectivity index is 1.50. The van der Waals surface area contributed by atoms with Crippen LogP contribution in [-0.4, -0.2) is 30.4 Å². The number of allylic oxidation sites excluding steroid dienone is 5. The first kappa shape index (κ1) is 27.8. The largest absolute Gasteiger partial charge is 0.453 e. The number of hydrogen-bond acceptors (Lipinski definition) is 6. The van der Waals surface area contributed by atoms with E-state index in [2.05, 4.69) is 38.2 Å². The molecule has 42 heavy (non-hydrogen) atoms. The first-order valence-electron chi connectivity index (χ1n) is 16.2. The highest BCUT2D eigenvalue weighted by atomic mass is 16.6. The zero-order valence-corrected chi connectivity index (χ0v) is 25.1. The van der Waals surface area contributed by atoms with Crippen LogP contribution in [0, 0.1) is 34.5 Å². The Bertz CT molecular complexity index is 1450. The fourth-order valence-corrected chi connectivity index (χ4v) is 10.4. The summed E-state index contributed by atoms with van der Waals surface area (Å²) in [4.78, 5) is 42.5. The third-order valence-corrected chi connectivity index (χ3v) is 11.8. The minimum atomic E-state index is -1.09. The molecule has 7 rings (SSSR count). The molecule has 0 aromatic heterocycles. The number of carbonyl (C=O) groups excluding carboxylic acids is 3. The number of rotatable bonds is 8. The van der Waals surface area contributed by atoms with Crippen LogP contribution in [0.25, 0.3) is 0 Å². The molecule has 222 valence electrons. The Morgan fingerprint density at radius 1 is 1.14 bits per heavy atom. The van der Waals surface area contributed by atoms with Gasteiger partial charge in [-0.05, 0) is 74.5 Å². The van der Waals surface area contributed by atoms with E-state index in [1.807, 2.05) is 25.1 Å². The lowest BCUT2D eigenvalue weighted by Gasteiger charge is -2.72. The van der Waals surface area contributed by atoms with Crippen LogP contribution in [0.4, 0.5) is 0 Å². The Morgan fingerprint density at radius 2 is 1.98 bits per heavy atom. The highest BCUT2D eigenvalue weighted by Crippen LogP contribution is 2.85. The Labute approximate surface area is 248 Å². The van der Waals surface area contributed by atoms with E-state index < -0.39 is 22.5 Å². The van der Waals surface area contributed by atoms with Gasteiger partial charge in [-0.3, -0.25) is 9.59 Å². The van der Waals surface area contributed by atoms with Gasteiger partial charge in [-0.25, -0.2) is 4.79 Å². The molecule has 2 N–H and O–H groups in total. The maximum atomic E-state index is 14.6. The van der Waals surface area contributed by atoms with Gasteiger partial charge in [-0.1, -0.05) is 75.3 Å². The number of nitrogens with two attached hydrogens (primary N) is 1. The van der Waals surface area contributed by atoms with E-state index >= 15 is 0 Å². The Hall–Kier alpha value is -2.99. The molecule has 1 aromatic carbocycles. The molecule has 1 saturated heterocycles. The highest BCUT2D eigenvalue weighted by Gasteiger charge is 2.93. The quantitative estimate of drug-likeness (QED) is 0.299. The molecule has 0 unspecified atom stereocenters. The summed E-state index contributed by atoms with van der Waals surface area (Å²) < 4.78 is 13.0. The lowest BCUT2D eigenvalue weighted by Crippen LogP contribution is -2.79. The molecule has 2 heterocycles. The first-order valence-corrected chi connectivity index (χ1v) is 16.2. The second kappa shape index (κ2) is 9.77. The third kappa shape index (κ3) is 3.07. The smallest absolute Gasteiger partial charge is 0.339 e. The average Bonchev–Trinajstić information content (AvgIpc) is 3.44. The van der Waals surface area contributed by atoms with Crippen molar-refractivity contribution < 1.29 is 23.9 Å². The zero-order valence-electron chi connectivity index (χ0n) is 25.1. The van der Waals surface area contributed by atoms with E-state index in [0.29, 0.717) is 56.0 Å². The number of cyclic esters (lactones) is 1. The lowest BCUT2D eigenvalue weighted by molar-refractivity contribution is -0.295. The van der Waals surface area contributed by atoms with Gasteiger partial charge in [0.2, 0.25) is 0 Å². The van der Waals surface area contributed by atoms with Gasteiger partial charge in [0, 0.05) is 23.8 Å². The Morgan fingerprint density at radius 3 is 2.74 bits per heavy atom. The van der Waals surface area contributed by atoms with Crippen molar-refractivity contribution >= 4 is 17.7 Å². The third-order valence-electron chi connectivity index (χ3n) is 11.8. The number of fused-ring (bicyclic) bond motifs is 4. The van der Waals surface area contributed by atoms with Crippen molar-refractivity contribution in [3.05, 3.63) is 70.3 Å². The van der Waals surface area contributed by atoms with E-state index in [-0.39, 0.29) is 29.6 Å². The molecule has 1 aromatic rings. The van der Waals surface area contributed by atoms with Gasteiger partial charge >= 0.3 is 11.9 Å².